The van der Waals surface area contributed by atoms with E-state index in [1.165, 1.54) is 0 Å². The fourth-order valence-corrected chi connectivity index (χ4v) is 1.48. The summed E-state index contributed by atoms with van der Waals surface area (Å²) in [6.45, 7) is 2.02. The lowest BCUT2D eigenvalue weighted by Crippen LogP contribution is -2.27. The predicted octanol–water partition coefficient (Wildman–Crippen LogP) is -0.109. The predicted molar refractivity (Wildman–Crippen MR) is 49.8 cm³/mol. The van der Waals surface area contributed by atoms with Crippen molar-refractivity contribution in [3.05, 3.63) is 18.2 Å². The molecule has 0 aliphatic carbocycles. The molecule has 0 saturated heterocycles. The van der Waals surface area contributed by atoms with Crippen LogP contribution < -0.4 is 4.72 Å². The number of H-pyrrole nitrogens is 1. The van der Waals surface area contributed by atoms with Gasteiger partial charge >= 0.3 is 0 Å². The topological polar surface area (TPSA) is 74.8 Å². The molecule has 13 heavy (non-hydrogen) atoms. The van der Waals surface area contributed by atoms with Crippen molar-refractivity contribution in [3.8, 4) is 0 Å². The van der Waals surface area contributed by atoms with Gasteiger partial charge in [-0.1, -0.05) is 0 Å². The van der Waals surface area contributed by atoms with Crippen LogP contribution in [0.1, 0.15) is 12.6 Å². The highest BCUT2D eigenvalue weighted by Crippen LogP contribution is 1.91. The summed E-state index contributed by atoms with van der Waals surface area (Å²) in [6, 6.07) is 0. The summed E-state index contributed by atoms with van der Waals surface area (Å²) in [5.74, 6) is 0.121. The Labute approximate surface area is 77.6 Å². The van der Waals surface area contributed by atoms with Crippen LogP contribution in [0.25, 0.3) is 0 Å². The third-order valence-electron chi connectivity index (χ3n) is 1.65. The third-order valence-corrected chi connectivity index (χ3v) is 3.06. The molecule has 6 heteroatoms. The molecular weight excluding hydrogens is 190 g/mol. The number of aromatic amines is 1. The lowest BCUT2D eigenvalue weighted by molar-refractivity contribution is 0.582. The molecule has 1 rings (SSSR count). The Kier molecular flexibility index (Phi) is 3.44. The first-order chi connectivity index (χ1) is 6.14. The van der Waals surface area contributed by atoms with Gasteiger partial charge in [0.25, 0.3) is 0 Å². The Bertz CT molecular complexity index is 331. The molecule has 0 aromatic carbocycles. The van der Waals surface area contributed by atoms with E-state index in [1.807, 2.05) is 0 Å². The van der Waals surface area contributed by atoms with E-state index in [1.54, 1.807) is 19.4 Å². The zero-order valence-electron chi connectivity index (χ0n) is 7.45. The maximum Gasteiger partial charge on any atom is 0.211 e. The molecule has 0 aliphatic rings. The van der Waals surface area contributed by atoms with Gasteiger partial charge in [-0.3, -0.25) is 0 Å². The first kappa shape index (κ1) is 10.2. The number of imidazole rings is 1. The van der Waals surface area contributed by atoms with E-state index in [0.29, 0.717) is 13.0 Å². The van der Waals surface area contributed by atoms with E-state index in [0.717, 1.165) is 5.69 Å². The molecule has 1 aromatic rings. The van der Waals surface area contributed by atoms with E-state index in [9.17, 15) is 8.42 Å². The van der Waals surface area contributed by atoms with Crippen LogP contribution in [0.5, 0.6) is 0 Å². The Balaban J connectivity index is 2.30. The van der Waals surface area contributed by atoms with Gasteiger partial charge in [-0.2, -0.15) is 0 Å². The summed E-state index contributed by atoms with van der Waals surface area (Å²) in [4.78, 5) is 6.72. The second-order valence-electron chi connectivity index (χ2n) is 2.62. The number of nitrogens with zero attached hydrogens (tertiary/aromatic N) is 1. The van der Waals surface area contributed by atoms with Crippen molar-refractivity contribution in [2.75, 3.05) is 12.3 Å². The van der Waals surface area contributed by atoms with Gasteiger partial charge in [0.05, 0.1) is 12.1 Å². The number of nitrogens with one attached hydrogen (secondary N) is 2. The molecule has 0 atom stereocenters. The van der Waals surface area contributed by atoms with Crippen molar-refractivity contribution in [1.29, 1.82) is 0 Å². The molecule has 74 valence electrons. The van der Waals surface area contributed by atoms with Crippen LogP contribution in [-0.2, 0) is 16.4 Å². The smallest absolute Gasteiger partial charge is 0.211 e. The SMILES string of the molecule is CCS(=O)(=O)NCCc1cnc[nH]1. The monoisotopic (exact) mass is 203 g/mol. The van der Waals surface area contributed by atoms with Crippen LogP contribution in [0.15, 0.2) is 12.5 Å². The molecule has 0 aliphatic heterocycles. The van der Waals surface area contributed by atoms with Gasteiger partial charge in [0.1, 0.15) is 0 Å². The molecule has 0 unspecified atom stereocenters. The maximum absolute atomic E-state index is 11.0. The fraction of sp³-hybridized carbons (Fsp3) is 0.571. The van der Waals surface area contributed by atoms with Crippen LogP contribution in [-0.4, -0.2) is 30.7 Å². The first-order valence-corrected chi connectivity index (χ1v) is 5.74. The maximum atomic E-state index is 11.0. The van der Waals surface area contributed by atoms with Crippen LogP contribution >= 0.6 is 0 Å². The van der Waals surface area contributed by atoms with Gasteiger partial charge in [0.15, 0.2) is 0 Å². The van der Waals surface area contributed by atoms with Crippen molar-refractivity contribution in [2.45, 2.75) is 13.3 Å². The Morgan fingerprint density at radius 1 is 1.62 bits per heavy atom. The molecule has 2 N–H and O–H groups in total. The van der Waals surface area contributed by atoms with Crippen molar-refractivity contribution in [3.63, 3.8) is 0 Å². The number of aromatic nitrogens is 2. The molecule has 1 heterocycles. The second kappa shape index (κ2) is 4.38. The molecule has 0 saturated carbocycles. The van der Waals surface area contributed by atoms with Gasteiger partial charge in [-0.15, -0.1) is 0 Å². The summed E-state index contributed by atoms with van der Waals surface area (Å²) in [6.07, 6.45) is 3.89. The molecule has 0 bridgehead atoms. The van der Waals surface area contributed by atoms with E-state index >= 15 is 0 Å². The molecule has 5 nitrogen and oxygen atoms in total. The minimum absolute atomic E-state index is 0.121. The summed E-state index contributed by atoms with van der Waals surface area (Å²) < 4.78 is 24.5. The highest BCUT2D eigenvalue weighted by molar-refractivity contribution is 7.89. The number of rotatable bonds is 5. The van der Waals surface area contributed by atoms with Crippen LogP contribution in [0.4, 0.5) is 0 Å². The van der Waals surface area contributed by atoms with Crippen molar-refractivity contribution >= 4 is 10.0 Å². The largest absolute Gasteiger partial charge is 0.348 e. The van der Waals surface area contributed by atoms with E-state index in [-0.39, 0.29) is 5.75 Å². The van der Waals surface area contributed by atoms with Gasteiger partial charge in [0, 0.05) is 24.9 Å². The number of hydrogen-bond acceptors (Lipinski definition) is 3. The summed E-state index contributed by atoms with van der Waals surface area (Å²) in [5.41, 5.74) is 0.929. The Morgan fingerprint density at radius 2 is 2.38 bits per heavy atom. The molecule has 0 fully saturated rings. The quantitative estimate of drug-likeness (QED) is 0.701. The average molecular weight is 203 g/mol. The summed E-state index contributed by atoms with van der Waals surface area (Å²) in [7, 11) is -3.06. The van der Waals surface area contributed by atoms with Crippen LogP contribution in [0.2, 0.25) is 0 Å². The van der Waals surface area contributed by atoms with Gasteiger partial charge < -0.3 is 4.98 Å². The first-order valence-electron chi connectivity index (χ1n) is 4.08. The van der Waals surface area contributed by atoms with E-state index in [2.05, 4.69) is 14.7 Å². The normalized spacial score (nSPS) is 11.8. The van der Waals surface area contributed by atoms with Crippen molar-refractivity contribution in [2.24, 2.45) is 0 Å². The average Bonchev–Trinajstić information content (AvgIpc) is 2.57. The zero-order chi connectivity index (χ0) is 9.73. The lowest BCUT2D eigenvalue weighted by Gasteiger charge is -2.01. The summed E-state index contributed by atoms with van der Waals surface area (Å²) >= 11 is 0. The highest BCUT2D eigenvalue weighted by atomic mass is 32.2. The lowest BCUT2D eigenvalue weighted by atomic mass is 10.3. The fourth-order valence-electron chi connectivity index (χ4n) is 0.865. The molecule has 0 radical (unpaired) electrons. The van der Waals surface area contributed by atoms with Crippen LogP contribution in [0, 0.1) is 0 Å². The number of hydrogen-bond donors (Lipinski definition) is 2. The second-order valence-corrected chi connectivity index (χ2v) is 4.72. The van der Waals surface area contributed by atoms with Crippen molar-refractivity contribution < 1.29 is 8.42 Å². The third kappa shape index (κ3) is 3.56. The minimum atomic E-state index is -3.06. The van der Waals surface area contributed by atoms with Gasteiger partial charge in [-0.05, 0) is 6.92 Å². The molecule has 0 amide bonds. The highest BCUT2D eigenvalue weighted by Gasteiger charge is 2.04. The molecular formula is C7H13N3O2S. The van der Waals surface area contributed by atoms with E-state index in [4.69, 9.17) is 0 Å². The van der Waals surface area contributed by atoms with Crippen LogP contribution in [0.3, 0.4) is 0 Å². The molecule has 1 aromatic heterocycles. The number of sulfonamides is 1. The van der Waals surface area contributed by atoms with Gasteiger partial charge in [-0.25, -0.2) is 18.1 Å². The van der Waals surface area contributed by atoms with Gasteiger partial charge in [0.2, 0.25) is 10.0 Å². The standard InChI is InChI=1S/C7H13N3O2S/c1-2-13(11,12)10-4-3-7-5-8-6-9-7/h5-6,10H,2-4H2,1H3,(H,8,9). The van der Waals surface area contributed by atoms with Crippen molar-refractivity contribution in [1.82, 2.24) is 14.7 Å². The zero-order valence-corrected chi connectivity index (χ0v) is 8.26. The van der Waals surface area contributed by atoms with E-state index < -0.39 is 10.0 Å². The molecule has 0 spiro atoms. The minimum Gasteiger partial charge on any atom is -0.348 e. The Morgan fingerprint density at radius 3 is 2.92 bits per heavy atom. The Hall–Kier alpha value is -0.880. The summed E-state index contributed by atoms with van der Waals surface area (Å²) in [5, 5.41) is 0.